The van der Waals surface area contributed by atoms with Crippen LogP contribution in [0.3, 0.4) is 0 Å². The van der Waals surface area contributed by atoms with Crippen LogP contribution in [0.2, 0.25) is 5.15 Å². The van der Waals surface area contributed by atoms with E-state index in [4.69, 9.17) is 16.3 Å². The van der Waals surface area contributed by atoms with Crippen LogP contribution in [0.5, 0.6) is 5.75 Å². The zero-order valence-electron chi connectivity index (χ0n) is 5.97. The molecule has 0 amide bonds. The van der Waals surface area contributed by atoms with E-state index in [1.54, 1.807) is 0 Å². The van der Waals surface area contributed by atoms with E-state index in [0.717, 1.165) is 0 Å². The summed E-state index contributed by atoms with van der Waals surface area (Å²) in [6, 6.07) is 2.66. The maximum Gasteiger partial charge on any atom is 0.214 e. The van der Waals surface area contributed by atoms with Crippen molar-refractivity contribution in [2.24, 2.45) is 0 Å². The Bertz CT molecular complexity index is 254. The molecule has 2 nitrogen and oxygen atoms in total. The summed E-state index contributed by atoms with van der Waals surface area (Å²) in [7, 11) is 0. The van der Waals surface area contributed by atoms with Crippen LogP contribution in [-0.2, 0) is 0 Å². The summed E-state index contributed by atoms with van der Waals surface area (Å²) in [5.74, 6) is -0.186. The van der Waals surface area contributed by atoms with Crippen molar-refractivity contribution >= 4 is 11.6 Å². The Hall–Kier alpha value is -0.830. The summed E-state index contributed by atoms with van der Waals surface area (Å²) in [4.78, 5) is 3.37. The van der Waals surface area contributed by atoms with Crippen LogP contribution in [0, 0.1) is 5.95 Å². The molecule has 11 heavy (non-hydrogen) atoms. The fraction of sp³-hybridized carbons (Fsp3) is 0.286. The van der Waals surface area contributed by atoms with Crippen molar-refractivity contribution in [1.82, 2.24) is 4.98 Å². The minimum atomic E-state index is -0.599. The fourth-order valence-electron chi connectivity index (χ4n) is 0.663. The molecule has 0 aliphatic rings. The highest BCUT2D eigenvalue weighted by Crippen LogP contribution is 2.21. The third-order valence-corrected chi connectivity index (χ3v) is 1.35. The summed E-state index contributed by atoms with van der Waals surface area (Å²) >= 11 is 5.53. The Morgan fingerprint density at radius 3 is 2.91 bits per heavy atom. The van der Waals surface area contributed by atoms with Crippen LogP contribution in [0.15, 0.2) is 12.1 Å². The van der Waals surface area contributed by atoms with Gasteiger partial charge in [-0.2, -0.15) is 4.39 Å². The Morgan fingerprint density at radius 2 is 2.36 bits per heavy atom. The standard InChI is InChI=1S/C7H7ClFNO/c1-2-11-5-3-4-6(9)10-7(5)8/h3-4H,2H2,1H3. The van der Waals surface area contributed by atoms with E-state index in [9.17, 15) is 4.39 Å². The summed E-state index contributed by atoms with van der Waals surface area (Å²) in [5, 5.41) is 0.0619. The van der Waals surface area contributed by atoms with Gasteiger partial charge in [-0.05, 0) is 19.1 Å². The zero-order valence-corrected chi connectivity index (χ0v) is 6.73. The van der Waals surface area contributed by atoms with Gasteiger partial charge >= 0.3 is 0 Å². The predicted molar refractivity (Wildman–Crippen MR) is 40.4 cm³/mol. The van der Waals surface area contributed by atoms with Crippen LogP contribution < -0.4 is 4.74 Å². The van der Waals surface area contributed by atoms with Gasteiger partial charge in [0.1, 0.15) is 0 Å². The first kappa shape index (κ1) is 8.27. The molecule has 0 saturated heterocycles. The van der Waals surface area contributed by atoms with Crippen LogP contribution in [0.4, 0.5) is 4.39 Å². The average Bonchev–Trinajstić information content (AvgIpc) is 1.95. The van der Waals surface area contributed by atoms with E-state index in [2.05, 4.69) is 4.98 Å². The van der Waals surface area contributed by atoms with Crippen molar-refractivity contribution in [3.05, 3.63) is 23.2 Å². The molecule has 1 aromatic heterocycles. The summed E-state index contributed by atoms with van der Waals surface area (Å²) in [5.41, 5.74) is 0. The molecule has 0 bridgehead atoms. The van der Waals surface area contributed by atoms with Gasteiger partial charge in [0.2, 0.25) is 5.95 Å². The number of aromatic nitrogens is 1. The van der Waals surface area contributed by atoms with Crippen LogP contribution >= 0.6 is 11.6 Å². The molecule has 60 valence electrons. The lowest BCUT2D eigenvalue weighted by Gasteiger charge is -2.02. The molecule has 0 aromatic carbocycles. The van der Waals surface area contributed by atoms with Gasteiger partial charge in [-0.1, -0.05) is 11.6 Å². The number of ether oxygens (including phenoxy) is 1. The normalized spacial score (nSPS) is 9.73. The number of halogens is 2. The minimum Gasteiger partial charge on any atom is -0.491 e. The van der Waals surface area contributed by atoms with E-state index in [-0.39, 0.29) is 5.15 Å². The third-order valence-electron chi connectivity index (χ3n) is 1.08. The lowest BCUT2D eigenvalue weighted by molar-refractivity contribution is 0.337. The van der Waals surface area contributed by atoms with Crippen molar-refractivity contribution in [2.45, 2.75) is 6.92 Å². The molecule has 1 aromatic rings. The Morgan fingerprint density at radius 1 is 1.64 bits per heavy atom. The second-order valence-electron chi connectivity index (χ2n) is 1.86. The number of pyridine rings is 1. The number of hydrogen-bond donors (Lipinski definition) is 0. The molecular formula is C7H7ClFNO. The predicted octanol–water partition coefficient (Wildman–Crippen LogP) is 2.27. The number of hydrogen-bond acceptors (Lipinski definition) is 2. The van der Waals surface area contributed by atoms with E-state index in [1.165, 1.54) is 12.1 Å². The maximum absolute atomic E-state index is 12.3. The summed E-state index contributed by atoms with van der Waals surface area (Å²) in [6.45, 7) is 2.31. The molecule has 0 aliphatic carbocycles. The van der Waals surface area contributed by atoms with Gasteiger partial charge in [0.15, 0.2) is 10.9 Å². The molecule has 0 saturated carbocycles. The van der Waals surface area contributed by atoms with Crippen molar-refractivity contribution in [2.75, 3.05) is 6.61 Å². The van der Waals surface area contributed by atoms with Gasteiger partial charge in [-0.25, -0.2) is 4.98 Å². The topological polar surface area (TPSA) is 22.1 Å². The maximum atomic E-state index is 12.3. The van der Waals surface area contributed by atoms with Crippen molar-refractivity contribution < 1.29 is 9.13 Å². The lowest BCUT2D eigenvalue weighted by Crippen LogP contribution is -1.94. The third kappa shape index (κ3) is 2.05. The van der Waals surface area contributed by atoms with Gasteiger partial charge in [-0.15, -0.1) is 0 Å². The van der Waals surface area contributed by atoms with Crippen LogP contribution in [0.1, 0.15) is 6.92 Å². The first-order valence-electron chi connectivity index (χ1n) is 3.19. The smallest absolute Gasteiger partial charge is 0.214 e. The van der Waals surface area contributed by atoms with E-state index in [1.807, 2.05) is 6.92 Å². The largest absolute Gasteiger partial charge is 0.491 e. The first-order valence-corrected chi connectivity index (χ1v) is 3.56. The molecule has 0 fully saturated rings. The van der Waals surface area contributed by atoms with Gasteiger partial charge in [0.25, 0.3) is 0 Å². The SMILES string of the molecule is CCOc1ccc(F)nc1Cl. The average molecular weight is 176 g/mol. The number of nitrogens with zero attached hydrogens (tertiary/aromatic N) is 1. The van der Waals surface area contributed by atoms with Crippen molar-refractivity contribution in [1.29, 1.82) is 0 Å². The van der Waals surface area contributed by atoms with Crippen molar-refractivity contribution in [3.8, 4) is 5.75 Å². The zero-order chi connectivity index (χ0) is 8.27. The summed E-state index contributed by atoms with van der Waals surface area (Å²) < 4.78 is 17.4. The molecule has 0 aliphatic heterocycles. The van der Waals surface area contributed by atoms with Gasteiger partial charge in [0, 0.05) is 0 Å². The molecule has 0 unspecified atom stereocenters. The second kappa shape index (κ2) is 3.53. The van der Waals surface area contributed by atoms with E-state index in [0.29, 0.717) is 12.4 Å². The summed E-state index contributed by atoms with van der Waals surface area (Å²) in [6.07, 6.45) is 0. The van der Waals surface area contributed by atoms with Crippen molar-refractivity contribution in [3.63, 3.8) is 0 Å². The highest BCUT2D eigenvalue weighted by atomic mass is 35.5. The molecule has 0 N–H and O–H groups in total. The molecule has 0 spiro atoms. The highest BCUT2D eigenvalue weighted by molar-refractivity contribution is 6.30. The Balaban J connectivity index is 2.90. The van der Waals surface area contributed by atoms with Gasteiger partial charge in [-0.3, -0.25) is 0 Å². The van der Waals surface area contributed by atoms with Crippen LogP contribution in [0.25, 0.3) is 0 Å². The molecule has 0 atom stereocenters. The molecule has 0 radical (unpaired) electrons. The van der Waals surface area contributed by atoms with Crippen LogP contribution in [-0.4, -0.2) is 11.6 Å². The second-order valence-corrected chi connectivity index (χ2v) is 2.21. The molecule has 1 heterocycles. The lowest BCUT2D eigenvalue weighted by atomic mass is 10.4. The fourth-order valence-corrected chi connectivity index (χ4v) is 0.861. The highest BCUT2D eigenvalue weighted by Gasteiger charge is 2.02. The molecular weight excluding hydrogens is 169 g/mol. The Labute approximate surface area is 69.0 Å². The quantitative estimate of drug-likeness (QED) is 0.644. The van der Waals surface area contributed by atoms with E-state index >= 15 is 0 Å². The number of rotatable bonds is 2. The molecule has 4 heteroatoms. The minimum absolute atomic E-state index is 0.0619. The van der Waals surface area contributed by atoms with E-state index < -0.39 is 5.95 Å². The van der Waals surface area contributed by atoms with Gasteiger partial charge < -0.3 is 4.74 Å². The first-order chi connectivity index (χ1) is 5.24. The Kier molecular flexibility index (Phi) is 2.65. The molecule has 1 rings (SSSR count). The van der Waals surface area contributed by atoms with Gasteiger partial charge in [0.05, 0.1) is 6.61 Å². The monoisotopic (exact) mass is 175 g/mol.